The lowest BCUT2D eigenvalue weighted by Gasteiger charge is -2.13. The monoisotopic (exact) mass is 475 g/mol. The Kier molecular flexibility index (Phi) is 7.86. The van der Waals surface area contributed by atoms with Crippen LogP contribution >= 0.6 is 11.6 Å². The lowest BCUT2D eigenvalue weighted by molar-refractivity contribution is -0.120. The van der Waals surface area contributed by atoms with E-state index in [-0.39, 0.29) is 12.3 Å². The zero-order valence-electron chi connectivity index (χ0n) is 19.7. The smallest absolute Gasteiger partial charge is 0.224 e. The molecule has 0 saturated heterocycles. The summed E-state index contributed by atoms with van der Waals surface area (Å²) in [6.45, 7) is 6.04. The van der Waals surface area contributed by atoms with Crippen molar-refractivity contribution in [2.24, 2.45) is 0 Å². The predicted molar refractivity (Wildman–Crippen MR) is 138 cm³/mol. The maximum atomic E-state index is 12.3. The molecule has 34 heavy (non-hydrogen) atoms. The molecule has 0 radical (unpaired) electrons. The third kappa shape index (κ3) is 5.78. The number of carbonyl (C=O) groups is 1. The molecule has 0 aliphatic carbocycles. The summed E-state index contributed by atoms with van der Waals surface area (Å²) in [5, 5.41) is 3.62. The number of fused-ring (bicyclic) bond motifs is 1. The van der Waals surface area contributed by atoms with E-state index in [2.05, 4.69) is 35.9 Å². The van der Waals surface area contributed by atoms with Gasteiger partial charge in [-0.05, 0) is 61.2 Å². The van der Waals surface area contributed by atoms with Crippen molar-refractivity contribution in [1.82, 2.24) is 14.9 Å². The molecule has 6 heteroatoms. The number of nitrogens with zero attached hydrogens (tertiary/aromatic N) is 2. The number of para-hydroxylation sites is 2. The largest absolute Gasteiger partial charge is 0.491 e. The van der Waals surface area contributed by atoms with Gasteiger partial charge in [0.15, 0.2) is 0 Å². The molecule has 0 saturated carbocycles. The van der Waals surface area contributed by atoms with Gasteiger partial charge < -0.3 is 14.6 Å². The van der Waals surface area contributed by atoms with Gasteiger partial charge in [-0.2, -0.15) is 0 Å². The van der Waals surface area contributed by atoms with E-state index in [1.807, 2.05) is 48.5 Å². The number of rotatable bonds is 10. The first-order valence-corrected chi connectivity index (χ1v) is 12.0. The Morgan fingerprint density at radius 1 is 1.03 bits per heavy atom. The molecule has 0 bridgehead atoms. The van der Waals surface area contributed by atoms with Crippen molar-refractivity contribution in [2.45, 2.75) is 39.7 Å². The highest BCUT2D eigenvalue weighted by Gasteiger charge is 2.12. The number of hydrogen-bond acceptors (Lipinski definition) is 3. The summed E-state index contributed by atoms with van der Waals surface area (Å²) in [7, 11) is 0. The van der Waals surface area contributed by atoms with Crippen LogP contribution in [0.2, 0.25) is 5.02 Å². The molecule has 5 nitrogen and oxygen atoms in total. The molecule has 1 amide bonds. The molecule has 0 unspecified atom stereocenters. The number of halogens is 1. The predicted octanol–water partition coefficient (Wildman–Crippen LogP) is 5.68. The van der Waals surface area contributed by atoms with Crippen LogP contribution in [0, 0.1) is 13.8 Å². The van der Waals surface area contributed by atoms with Crippen LogP contribution in [0.3, 0.4) is 0 Å². The summed E-state index contributed by atoms with van der Waals surface area (Å²) >= 11 is 6.16. The Labute approximate surface area is 205 Å². The second-order valence-corrected chi connectivity index (χ2v) is 8.84. The molecule has 4 aromatic rings. The zero-order valence-corrected chi connectivity index (χ0v) is 20.4. The molecule has 3 aromatic carbocycles. The quantitative estimate of drug-likeness (QED) is 0.300. The molecule has 0 aliphatic heterocycles. The van der Waals surface area contributed by atoms with Gasteiger partial charge in [-0.25, -0.2) is 4.98 Å². The Morgan fingerprint density at radius 2 is 1.82 bits per heavy atom. The Hall–Kier alpha value is -3.31. The van der Waals surface area contributed by atoms with E-state index in [0.29, 0.717) is 24.7 Å². The summed E-state index contributed by atoms with van der Waals surface area (Å²) < 4.78 is 8.33. The van der Waals surface area contributed by atoms with Gasteiger partial charge in [0.1, 0.15) is 18.2 Å². The van der Waals surface area contributed by atoms with Gasteiger partial charge >= 0.3 is 0 Å². The molecular formula is C28H30ClN3O2. The Bertz CT molecular complexity index is 1280. The normalized spacial score (nSPS) is 11.0. The van der Waals surface area contributed by atoms with Crippen LogP contribution in [-0.4, -0.2) is 28.6 Å². The highest BCUT2D eigenvalue weighted by Crippen LogP contribution is 2.22. The first-order chi connectivity index (χ1) is 16.5. The minimum absolute atomic E-state index is 0.0245. The maximum absolute atomic E-state index is 12.3. The van der Waals surface area contributed by atoms with Crippen LogP contribution in [0.5, 0.6) is 5.75 Å². The van der Waals surface area contributed by atoms with Gasteiger partial charge in [-0.3, -0.25) is 4.79 Å². The fourth-order valence-corrected chi connectivity index (χ4v) is 4.25. The number of aryl methyl sites for hydroxylation is 2. The van der Waals surface area contributed by atoms with E-state index >= 15 is 0 Å². The first-order valence-electron chi connectivity index (χ1n) is 11.7. The van der Waals surface area contributed by atoms with E-state index in [0.717, 1.165) is 41.0 Å². The fourth-order valence-electron chi connectivity index (χ4n) is 4.04. The lowest BCUT2D eigenvalue weighted by atomic mass is 10.1. The van der Waals surface area contributed by atoms with E-state index in [4.69, 9.17) is 21.3 Å². The van der Waals surface area contributed by atoms with Crippen LogP contribution in [0.1, 0.15) is 28.9 Å². The highest BCUT2D eigenvalue weighted by molar-refractivity contribution is 6.31. The van der Waals surface area contributed by atoms with Gasteiger partial charge in [-0.1, -0.05) is 54.1 Å². The summed E-state index contributed by atoms with van der Waals surface area (Å²) in [4.78, 5) is 17.1. The lowest BCUT2D eigenvalue weighted by Crippen LogP contribution is -2.26. The average Bonchev–Trinajstić information content (AvgIpc) is 3.18. The van der Waals surface area contributed by atoms with Gasteiger partial charge in [-0.15, -0.1) is 0 Å². The SMILES string of the molecule is Cc1cccc(OCCn2c(CCCNC(=O)Cc3ccccc3Cl)nc3ccccc32)c1C. The summed E-state index contributed by atoms with van der Waals surface area (Å²) in [5.41, 5.74) is 5.32. The zero-order chi connectivity index (χ0) is 23.9. The van der Waals surface area contributed by atoms with Crippen molar-refractivity contribution >= 4 is 28.5 Å². The average molecular weight is 476 g/mol. The van der Waals surface area contributed by atoms with Crippen LogP contribution in [0.25, 0.3) is 11.0 Å². The van der Waals surface area contributed by atoms with E-state index in [1.54, 1.807) is 6.07 Å². The molecule has 1 heterocycles. The second-order valence-electron chi connectivity index (χ2n) is 8.44. The van der Waals surface area contributed by atoms with Gasteiger partial charge in [0.05, 0.1) is 24.0 Å². The Morgan fingerprint density at radius 3 is 2.68 bits per heavy atom. The number of imidazole rings is 1. The van der Waals surface area contributed by atoms with Crippen molar-refractivity contribution in [1.29, 1.82) is 0 Å². The number of carbonyl (C=O) groups excluding carboxylic acids is 1. The van der Waals surface area contributed by atoms with E-state index in [9.17, 15) is 4.79 Å². The molecule has 4 rings (SSSR count). The standard InChI is InChI=1S/C28H30ClN3O2/c1-20-9-7-14-26(21(20)2)34-18-17-32-25-13-6-5-12-24(25)31-27(32)15-8-16-30-28(33)19-22-10-3-4-11-23(22)29/h3-7,9-14H,8,15-19H2,1-2H3,(H,30,33). The number of hydrogen-bond donors (Lipinski definition) is 1. The van der Waals surface area contributed by atoms with Crippen molar-refractivity contribution in [3.8, 4) is 5.75 Å². The van der Waals surface area contributed by atoms with E-state index < -0.39 is 0 Å². The van der Waals surface area contributed by atoms with Crippen LogP contribution in [0.4, 0.5) is 0 Å². The van der Waals surface area contributed by atoms with Crippen LogP contribution < -0.4 is 10.1 Å². The molecule has 0 fully saturated rings. The van der Waals surface area contributed by atoms with Crippen LogP contribution in [0.15, 0.2) is 66.7 Å². The minimum atomic E-state index is -0.0245. The molecule has 1 aromatic heterocycles. The van der Waals surface area contributed by atoms with Gasteiger partial charge in [0, 0.05) is 18.0 Å². The number of amides is 1. The van der Waals surface area contributed by atoms with Crippen molar-refractivity contribution < 1.29 is 9.53 Å². The summed E-state index contributed by atoms with van der Waals surface area (Å²) in [6, 6.07) is 21.7. The topological polar surface area (TPSA) is 56.1 Å². The van der Waals surface area contributed by atoms with Crippen molar-refractivity contribution in [3.63, 3.8) is 0 Å². The molecule has 176 valence electrons. The maximum Gasteiger partial charge on any atom is 0.224 e. The molecule has 0 atom stereocenters. The number of benzene rings is 3. The second kappa shape index (κ2) is 11.2. The minimum Gasteiger partial charge on any atom is -0.491 e. The van der Waals surface area contributed by atoms with Gasteiger partial charge in [0.25, 0.3) is 0 Å². The molecule has 0 aliphatic rings. The number of ether oxygens (including phenoxy) is 1. The van der Waals surface area contributed by atoms with Crippen molar-refractivity contribution in [3.05, 3.63) is 94.3 Å². The summed E-state index contributed by atoms with van der Waals surface area (Å²) in [5.74, 6) is 1.90. The summed E-state index contributed by atoms with van der Waals surface area (Å²) in [6.07, 6.45) is 1.86. The number of nitrogens with one attached hydrogen (secondary N) is 1. The highest BCUT2D eigenvalue weighted by atomic mass is 35.5. The van der Waals surface area contributed by atoms with E-state index in [1.165, 1.54) is 11.1 Å². The first kappa shape index (κ1) is 23.8. The third-order valence-electron chi connectivity index (χ3n) is 6.07. The van der Waals surface area contributed by atoms with Crippen LogP contribution in [-0.2, 0) is 24.2 Å². The fraction of sp³-hybridized carbons (Fsp3) is 0.286. The third-order valence-corrected chi connectivity index (χ3v) is 6.44. The van der Waals surface area contributed by atoms with Crippen molar-refractivity contribution in [2.75, 3.05) is 13.2 Å². The molecule has 0 spiro atoms. The number of aromatic nitrogens is 2. The Balaban J connectivity index is 1.35. The molecule has 1 N–H and O–H groups in total. The molecular weight excluding hydrogens is 446 g/mol. The van der Waals surface area contributed by atoms with Gasteiger partial charge in [0.2, 0.25) is 5.91 Å².